The zero-order chi connectivity index (χ0) is 20.4. The summed E-state index contributed by atoms with van der Waals surface area (Å²) in [4.78, 5) is 37.6. The van der Waals surface area contributed by atoms with Gasteiger partial charge in [-0.3, -0.25) is 19.1 Å². The van der Waals surface area contributed by atoms with Crippen molar-refractivity contribution < 1.29 is 23.8 Å². The number of thiophene rings is 1. The Hall–Kier alpha value is -1.57. The van der Waals surface area contributed by atoms with Crippen LogP contribution in [0.2, 0.25) is 0 Å². The summed E-state index contributed by atoms with van der Waals surface area (Å²) in [5, 5.41) is 10.4. The van der Waals surface area contributed by atoms with E-state index in [1.54, 1.807) is 0 Å². The quantitative estimate of drug-likeness (QED) is 0.482. The SMILES string of the molecule is Cl.NCC(=O)OC(Cc1ccc(Br)s1)[C@H]1O[C@@H](n2cc(F)c(=O)[nH]c2=O)C[C@@H]1O. The van der Waals surface area contributed by atoms with E-state index in [0.29, 0.717) is 0 Å². The Morgan fingerprint density at radius 3 is 2.86 bits per heavy atom. The molecule has 13 heteroatoms. The van der Waals surface area contributed by atoms with Gasteiger partial charge in [0.15, 0.2) is 0 Å². The van der Waals surface area contributed by atoms with Gasteiger partial charge in [-0.25, -0.2) is 4.79 Å². The summed E-state index contributed by atoms with van der Waals surface area (Å²) >= 11 is 4.78. The number of carbonyl (C=O) groups is 1. The van der Waals surface area contributed by atoms with E-state index < -0.39 is 47.6 Å². The van der Waals surface area contributed by atoms with Crippen LogP contribution in [0.4, 0.5) is 4.39 Å². The molecule has 1 aliphatic rings. The molecule has 3 rings (SSSR count). The first kappa shape index (κ1) is 23.7. The standard InChI is InChI=1S/C16H17BrFN3O6S.ClH/c17-11-2-1-7(28-11)3-10(26-13(23)5-19)14-9(22)4-12(27-14)21-6-8(18)15(24)20-16(21)25;/h1-2,6,9-10,12,14,22H,3-5,19H2,(H,20,24,25);1H/t9-,10?,12+,14-;/m0./s1. The second-order valence-electron chi connectivity index (χ2n) is 6.14. The maximum Gasteiger partial charge on any atom is 0.330 e. The molecule has 2 aromatic rings. The normalized spacial score (nSPS) is 22.1. The summed E-state index contributed by atoms with van der Waals surface area (Å²) in [6.45, 7) is -0.346. The maximum atomic E-state index is 13.6. The Bertz CT molecular complexity index is 982. The van der Waals surface area contributed by atoms with Gasteiger partial charge in [-0.2, -0.15) is 4.39 Å². The number of aliphatic hydroxyl groups excluding tert-OH is 1. The van der Waals surface area contributed by atoms with E-state index in [0.717, 1.165) is 19.4 Å². The van der Waals surface area contributed by atoms with Crippen LogP contribution in [0.3, 0.4) is 0 Å². The number of carbonyl (C=O) groups excluding carboxylic acids is 1. The number of halogens is 3. The summed E-state index contributed by atoms with van der Waals surface area (Å²) in [7, 11) is 0. The number of aromatic amines is 1. The van der Waals surface area contributed by atoms with Gasteiger partial charge in [0.25, 0.3) is 5.56 Å². The van der Waals surface area contributed by atoms with E-state index in [9.17, 15) is 23.9 Å². The summed E-state index contributed by atoms with van der Waals surface area (Å²) in [6.07, 6.45) is -3.04. The Morgan fingerprint density at radius 1 is 1.52 bits per heavy atom. The molecule has 29 heavy (non-hydrogen) atoms. The molecule has 4 N–H and O–H groups in total. The van der Waals surface area contributed by atoms with E-state index in [4.69, 9.17) is 15.2 Å². The first-order valence-corrected chi connectivity index (χ1v) is 9.87. The van der Waals surface area contributed by atoms with Crippen LogP contribution in [0.15, 0.2) is 31.7 Å². The van der Waals surface area contributed by atoms with Gasteiger partial charge in [0.05, 0.1) is 22.6 Å². The lowest BCUT2D eigenvalue weighted by molar-refractivity contribution is -0.160. The summed E-state index contributed by atoms with van der Waals surface area (Å²) in [5.41, 5.74) is 3.30. The van der Waals surface area contributed by atoms with Gasteiger partial charge < -0.3 is 20.3 Å². The second-order valence-corrected chi connectivity index (χ2v) is 8.69. The van der Waals surface area contributed by atoms with E-state index in [1.165, 1.54) is 11.3 Å². The minimum atomic E-state index is -1.16. The highest BCUT2D eigenvalue weighted by atomic mass is 79.9. The minimum Gasteiger partial charge on any atom is -0.458 e. The average molecular weight is 515 g/mol. The molecule has 0 aromatic carbocycles. The lowest BCUT2D eigenvalue weighted by atomic mass is 10.0. The van der Waals surface area contributed by atoms with E-state index in [1.807, 2.05) is 17.1 Å². The highest BCUT2D eigenvalue weighted by molar-refractivity contribution is 9.11. The van der Waals surface area contributed by atoms with Gasteiger partial charge in [-0.05, 0) is 28.1 Å². The van der Waals surface area contributed by atoms with Crippen molar-refractivity contribution in [3.63, 3.8) is 0 Å². The zero-order valence-electron chi connectivity index (χ0n) is 14.7. The van der Waals surface area contributed by atoms with Crippen LogP contribution in [0.25, 0.3) is 0 Å². The first-order chi connectivity index (χ1) is 13.3. The monoisotopic (exact) mass is 513 g/mol. The van der Waals surface area contributed by atoms with Crippen molar-refractivity contribution in [2.45, 2.75) is 37.4 Å². The molecule has 0 radical (unpaired) electrons. The van der Waals surface area contributed by atoms with Crippen molar-refractivity contribution in [3.8, 4) is 0 Å². The van der Waals surface area contributed by atoms with Crippen LogP contribution < -0.4 is 17.0 Å². The molecule has 3 heterocycles. The van der Waals surface area contributed by atoms with Gasteiger partial charge in [0, 0.05) is 17.7 Å². The molecular formula is C16H18BrClFN3O6S. The number of nitrogens with one attached hydrogen (secondary N) is 1. The summed E-state index contributed by atoms with van der Waals surface area (Å²) < 4.78 is 26.4. The number of aromatic nitrogens is 2. The van der Waals surface area contributed by atoms with E-state index >= 15 is 0 Å². The molecular weight excluding hydrogens is 497 g/mol. The Balaban J connectivity index is 0.00000300. The van der Waals surface area contributed by atoms with Crippen LogP contribution in [0.1, 0.15) is 17.5 Å². The lowest BCUT2D eigenvalue weighted by Gasteiger charge is -2.25. The lowest BCUT2D eigenvalue weighted by Crippen LogP contribution is -2.41. The predicted octanol–water partition coefficient (Wildman–Crippen LogP) is 0.683. The van der Waals surface area contributed by atoms with Crippen molar-refractivity contribution in [1.82, 2.24) is 9.55 Å². The maximum absolute atomic E-state index is 13.6. The molecule has 160 valence electrons. The van der Waals surface area contributed by atoms with Crippen molar-refractivity contribution in [2.75, 3.05) is 6.54 Å². The molecule has 0 spiro atoms. The number of aliphatic hydroxyl groups is 1. The molecule has 2 aromatic heterocycles. The molecule has 0 amide bonds. The third kappa shape index (κ3) is 5.53. The fraction of sp³-hybridized carbons (Fsp3) is 0.438. The number of hydrogen-bond donors (Lipinski definition) is 3. The molecule has 9 nitrogen and oxygen atoms in total. The largest absolute Gasteiger partial charge is 0.458 e. The van der Waals surface area contributed by atoms with Crippen molar-refractivity contribution in [1.29, 1.82) is 0 Å². The van der Waals surface area contributed by atoms with Crippen LogP contribution >= 0.6 is 39.7 Å². The Kier molecular flexibility index (Phi) is 8.14. The van der Waals surface area contributed by atoms with Gasteiger partial charge in [0.2, 0.25) is 5.82 Å². The Labute approximate surface area is 182 Å². The molecule has 1 unspecified atom stereocenters. The van der Waals surface area contributed by atoms with Gasteiger partial charge in [0.1, 0.15) is 18.4 Å². The van der Waals surface area contributed by atoms with Crippen LogP contribution in [-0.4, -0.2) is 45.5 Å². The molecule has 1 aliphatic heterocycles. The highest BCUT2D eigenvalue weighted by Gasteiger charge is 2.42. The predicted molar refractivity (Wildman–Crippen MR) is 108 cm³/mol. The number of nitrogens with two attached hydrogens (primary N) is 1. The number of rotatable bonds is 6. The molecule has 0 bridgehead atoms. The molecule has 4 atom stereocenters. The Morgan fingerprint density at radius 2 is 2.24 bits per heavy atom. The van der Waals surface area contributed by atoms with Crippen LogP contribution in [0.5, 0.6) is 0 Å². The number of H-pyrrole nitrogens is 1. The van der Waals surface area contributed by atoms with E-state index in [-0.39, 0.29) is 31.8 Å². The smallest absolute Gasteiger partial charge is 0.330 e. The van der Waals surface area contributed by atoms with E-state index in [2.05, 4.69) is 15.9 Å². The zero-order valence-corrected chi connectivity index (χ0v) is 18.0. The topological polar surface area (TPSA) is 137 Å². The summed E-state index contributed by atoms with van der Waals surface area (Å²) in [5.74, 6) is -1.83. The number of ether oxygens (including phenoxy) is 2. The van der Waals surface area contributed by atoms with Crippen molar-refractivity contribution in [3.05, 3.63) is 53.6 Å². The fourth-order valence-corrected chi connectivity index (χ4v) is 4.49. The highest BCUT2D eigenvalue weighted by Crippen LogP contribution is 2.33. The number of hydrogen-bond acceptors (Lipinski definition) is 8. The number of nitrogens with zero attached hydrogens (tertiary/aromatic N) is 1. The fourth-order valence-electron chi connectivity index (χ4n) is 2.96. The first-order valence-electron chi connectivity index (χ1n) is 8.26. The molecule has 1 fully saturated rings. The third-order valence-electron chi connectivity index (χ3n) is 4.22. The summed E-state index contributed by atoms with van der Waals surface area (Å²) in [6, 6.07) is 3.66. The average Bonchev–Trinajstić information content (AvgIpc) is 3.22. The van der Waals surface area contributed by atoms with Gasteiger partial charge >= 0.3 is 11.7 Å². The van der Waals surface area contributed by atoms with Crippen LogP contribution in [-0.2, 0) is 20.7 Å². The van der Waals surface area contributed by atoms with Crippen LogP contribution in [0, 0.1) is 5.82 Å². The second kappa shape index (κ2) is 9.96. The van der Waals surface area contributed by atoms with Crippen molar-refractivity contribution in [2.24, 2.45) is 5.73 Å². The number of esters is 1. The molecule has 1 saturated heterocycles. The van der Waals surface area contributed by atoms with Crippen molar-refractivity contribution >= 4 is 45.6 Å². The van der Waals surface area contributed by atoms with Gasteiger partial charge in [-0.15, -0.1) is 23.7 Å². The minimum absolute atomic E-state index is 0. The third-order valence-corrected chi connectivity index (χ3v) is 5.86. The molecule has 0 saturated carbocycles. The van der Waals surface area contributed by atoms with Gasteiger partial charge in [-0.1, -0.05) is 0 Å². The molecule has 0 aliphatic carbocycles.